The van der Waals surface area contributed by atoms with Crippen molar-refractivity contribution < 1.29 is 9.26 Å². The Morgan fingerprint density at radius 1 is 1.11 bits per heavy atom. The zero-order valence-electron chi connectivity index (χ0n) is 14.2. The van der Waals surface area contributed by atoms with Crippen LogP contribution in [0.15, 0.2) is 70.1 Å². The minimum absolute atomic E-state index is 0.0345. The van der Waals surface area contributed by atoms with Gasteiger partial charge in [-0.2, -0.15) is 10.1 Å². The van der Waals surface area contributed by atoms with Gasteiger partial charge in [0.25, 0.3) is 5.89 Å². The molecule has 0 radical (unpaired) electrons. The molecule has 8 heteroatoms. The Bertz CT molecular complexity index is 1170. The maximum absolute atomic E-state index is 12.3. The fraction of sp³-hybridized carbons (Fsp3) is 0.0526. The number of hydrogen-bond donors (Lipinski definition) is 0. The highest BCUT2D eigenvalue weighted by molar-refractivity contribution is 6.30. The largest absolute Gasteiger partial charge is 0.497 e. The first-order valence-electron chi connectivity index (χ1n) is 7.98. The molecule has 0 spiro atoms. The first-order valence-corrected chi connectivity index (χ1v) is 8.36. The van der Waals surface area contributed by atoms with Crippen LogP contribution < -0.4 is 10.2 Å². The standard InChI is InChI=1S/C19H13ClN4O3/c1-26-15-7-3-6-14(11-15)24-9-8-16(25)17(22-24)19-21-18(23-27-19)12-4-2-5-13(20)10-12/h2-11H,1H3. The third kappa shape index (κ3) is 3.45. The van der Waals surface area contributed by atoms with Crippen molar-refractivity contribution in [1.82, 2.24) is 19.9 Å². The van der Waals surface area contributed by atoms with E-state index in [1.54, 1.807) is 48.3 Å². The molecule has 4 rings (SSSR count). The van der Waals surface area contributed by atoms with Gasteiger partial charge in [-0.1, -0.05) is 35.0 Å². The SMILES string of the molecule is COc1cccc(-n2ccc(=O)c(-c3nc(-c4cccc(Cl)c4)no3)n2)c1. The number of halogens is 1. The molecule has 2 heterocycles. The molecule has 0 bridgehead atoms. The van der Waals surface area contributed by atoms with E-state index in [1.165, 1.54) is 6.07 Å². The van der Waals surface area contributed by atoms with Crippen LogP contribution in [0.25, 0.3) is 28.7 Å². The molecule has 27 heavy (non-hydrogen) atoms. The highest BCUT2D eigenvalue weighted by atomic mass is 35.5. The molecule has 0 aliphatic rings. The Morgan fingerprint density at radius 2 is 1.96 bits per heavy atom. The fourth-order valence-corrected chi connectivity index (χ4v) is 2.71. The molecular formula is C19H13ClN4O3. The van der Waals surface area contributed by atoms with E-state index in [2.05, 4.69) is 15.2 Å². The highest BCUT2D eigenvalue weighted by Crippen LogP contribution is 2.22. The van der Waals surface area contributed by atoms with Crippen LogP contribution in [0.4, 0.5) is 0 Å². The average Bonchev–Trinajstić information content (AvgIpc) is 3.18. The Balaban J connectivity index is 1.75. The molecule has 2 aromatic heterocycles. The third-order valence-corrected chi connectivity index (χ3v) is 4.07. The second kappa shape index (κ2) is 7.05. The van der Waals surface area contributed by atoms with Crippen molar-refractivity contribution in [3.05, 3.63) is 76.0 Å². The highest BCUT2D eigenvalue weighted by Gasteiger charge is 2.16. The van der Waals surface area contributed by atoms with E-state index in [4.69, 9.17) is 20.9 Å². The van der Waals surface area contributed by atoms with Crippen LogP contribution in [0.2, 0.25) is 5.02 Å². The number of nitrogens with zero attached hydrogens (tertiary/aromatic N) is 4. The van der Waals surface area contributed by atoms with Crippen molar-refractivity contribution in [2.45, 2.75) is 0 Å². The summed E-state index contributed by atoms with van der Waals surface area (Å²) < 4.78 is 12.0. The lowest BCUT2D eigenvalue weighted by molar-refractivity contribution is 0.414. The van der Waals surface area contributed by atoms with Gasteiger partial charge in [-0.05, 0) is 24.3 Å². The molecule has 0 saturated heterocycles. The summed E-state index contributed by atoms with van der Waals surface area (Å²) in [6.07, 6.45) is 1.56. The van der Waals surface area contributed by atoms with Crippen LogP contribution in [-0.4, -0.2) is 27.0 Å². The topological polar surface area (TPSA) is 83.0 Å². The molecule has 0 aliphatic heterocycles. The van der Waals surface area contributed by atoms with Gasteiger partial charge >= 0.3 is 0 Å². The molecule has 0 aliphatic carbocycles. The maximum Gasteiger partial charge on any atom is 0.282 e. The smallest absolute Gasteiger partial charge is 0.282 e. The van der Waals surface area contributed by atoms with Crippen molar-refractivity contribution in [2.24, 2.45) is 0 Å². The molecular weight excluding hydrogens is 368 g/mol. The Morgan fingerprint density at radius 3 is 2.78 bits per heavy atom. The van der Waals surface area contributed by atoms with Crippen LogP contribution in [0.5, 0.6) is 5.75 Å². The van der Waals surface area contributed by atoms with E-state index in [-0.39, 0.29) is 17.0 Å². The summed E-state index contributed by atoms with van der Waals surface area (Å²) in [5, 5.41) is 8.81. The number of hydrogen-bond acceptors (Lipinski definition) is 6. The summed E-state index contributed by atoms with van der Waals surface area (Å²) in [6.45, 7) is 0. The Labute approximate surface area is 158 Å². The van der Waals surface area contributed by atoms with Crippen LogP contribution in [-0.2, 0) is 0 Å². The summed E-state index contributed by atoms with van der Waals surface area (Å²) in [6, 6.07) is 15.7. The average molecular weight is 381 g/mol. The molecule has 134 valence electrons. The zero-order chi connectivity index (χ0) is 18.8. The second-order valence-electron chi connectivity index (χ2n) is 5.61. The molecule has 0 fully saturated rings. The number of aromatic nitrogens is 4. The molecule has 0 amide bonds. The van der Waals surface area contributed by atoms with E-state index < -0.39 is 0 Å². The van der Waals surface area contributed by atoms with Crippen molar-refractivity contribution in [3.8, 4) is 34.4 Å². The van der Waals surface area contributed by atoms with Gasteiger partial charge in [-0.25, -0.2) is 4.68 Å². The van der Waals surface area contributed by atoms with Crippen molar-refractivity contribution in [1.29, 1.82) is 0 Å². The molecule has 0 unspecified atom stereocenters. The van der Waals surface area contributed by atoms with Gasteiger partial charge in [-0.15, -0.1) is 0 Å². The van der Waals surface area contributed by atoms with Crippen molar-refractivity contribution in [3.63, 3.8) is 0 Å². The molecule has 2 aromatic carbocycles. The lowest BCUT2D eigenvalue weighted by Gasteiger charge is -2.07. The lowest BCUT2D eigenvalue weighted by Crippen LogP contribution is -2.12. The third-order valence-electron chi connectivity index (χ3n) is 3.84. The van der Waals surface area contributed by atoms with E-state index >= 15 is 0 Å². The van der Waals surface area contributed by atoms with E-state index in [1.807, 2.05) is 18.2 Å². The fourth-order valence-electron chi connectivity index (χ4n) is 2.52. The summed E-state index contributed by atoms with van der Waals surface area (Å²) in [7, 11) is 1.58. The maximum atomic E-state index is 12.3. The molecule has 0 atom stereocenters. The lowest BCUT2D eigenvalue weighted by atomic mass is 10.2. The quantitative estimate of drug-likeness (QED) is 0.537. The van der Waals surface area contributed by atoms with E-state index in [9.17, 15) is 4.79 Å². The van der Waals surface area contributed by atoms with Crippen molar-refractivity contribution >= 4 is 11.6 Å². The minimum Gasteiger partial charge on any atom is -0.497 e. The van der Waals surface area contributed by atoms with Crippen LogP contribution in [0.1, 0.15) is 0 Å². The number of ether oxygens (including phenoxy) is 1. The zero-order valence-corrected chi connectivity index (χ0v) is 14.9. The van der Waals surface area contributed by atoms with Crippen molar-refractivity contribution in [2.75, 3.05) is 7.11 Å². The summed E-state index contributed by atoms with van der Waals surface area (Å²) in [5.41, 5.74) is 1.14. The molecule has 0 saturated carbocycles. The predicted octanol–water partition coefficient (Wildman–Crippen LogP) is 3.61. The second-order valence-corrected chi connectivity index (χ2v) is 6.04. The molecule has 0 N–H and O–H groups in total. The minimum atomic E-state index is -0.324. The van der Waals surface area contributed by atoms with Crippen LogP contribution in [0.3, 0.4) is 0 Å². The van der Waals surface area contributed by atoms with Gasteiger partial charge in [-0.3, -0.25) is 4.79 Å². The van der Waals surface area contributed by atoms with Gasteiger partial charge < -0.3 is 9.26 Å². The molecule has 7 nitrogen and oxygen atoms in total. The van der Waals surface area contributed by atoms with Crippen LogP contribution >= 0.6 is 11.6 Å². The summed E-state index contributed by atoms with van der Waals surface area (Å²) in [5.74, 6) is 1.04. The van der Waals surface area contributed by atoms with Gasteiger partial charge in [0.15, 0.2) is 5.69 Å². The molecule has 4 aromatic rings. The van der Waals surface area contributed by atoms with Gasteiger partial charge in [0.05, 0.1) is 12.8 Å². The summed E-state index contributed by atoms with van der Waals surface area (Å²) in [4.78, 5) is 16.6. The normalized spacial score (nSPS) is 10.7. The Kier molecular flexibility index (Phi) is 4.43. The van der Waals surface area contributed by atoms with E-state index in [0.717, 1.165) is 5.69 Å². The Hall–Kier alpha value is -3.45. The van der Waals surface area contributed by atoms with E-state index in [0.29, 0.717) is 22.2 Å². The summed E-state index contributed by atoms with van der Waals surface area (Å²) >= 11 is 6.00. The number of methoxy groups -OCH3 is 1. The first kappa shape index (κ1) is 17.0. The predicted molar refractivity (Wildman–Crippen MR) is 100 cm³/mol. The van der Waals surface area contributed by atoms with Gasteiger partial charge in [0.1, 0.15) is 5.75 Å². The first-order chi connectivity index (χ1) is 13.1. The number of benzene rings is 2. The van der Waals surface area contributed by atoms with Crippen LogP contribution in [0, 0.1) is 0 Å². The number of rotatable bonds is 4. The monoisotopic (exact) mass is 380 g/mol. The van der Waals surface area contributed by atoms with Gasteiger partial charge in [0, 0.05) is 28.9 Å². The van der Waals surface area contributed by atoms with Gasteiger partial charge in [0.2, 0.25) is 11.3 Å².